The van der Waals surface area contributed by atoms with E-state index < -0.39 is 0 Å². The first kappa shape index (κ1) is 18.9. The number of ether oxygens (including phenoxy) is 1. The summed E-state index contributed by atoms with van der Waals surface area (Å²) >= 11 is 0. The second-order valence-corrected chi connectivity index (χ2v) is 7.03. The molecule has 0 radical (unpaired) electrons. The minimum absolute atomic E-state index is 0.890. The minimum Gasteiger partial charge on any atom is -0.379 e. The van der Waals surface area contributed by atoms with Gasteiger partial charge in [-0.25, -0.2) is 0 Å². The summed E-state index contributed by atoms with van der Waals surface area (Å²) in [5, 5.41) is 0. The van der Waals surface area contributed by atoms with Gasteiger partial charge in [-0.1, -0.05) is 66.7 Å². The summed E-state index contributed by atoms with van der Waals surface area (Å²) in [5.41, 5.74) is 4.33. The van der Waals surface area contributed by atoms with Crippen LogP contribution in [0, 0.1) is 0 Å². The van der Waals surface area contributed by atoms with Crippen LogP contribution in [0.4, 0.5) is 0 Å². The molecule has 1 heterocycles. The first-order valence-electron chi connectivity index (χ1n) is 10.0. The Morgan fingerprint density at radius 1 is 0.885 bits per heavy atom. The van der Waals surface area contributed by atoms with E-state index in [0.29, 0.717) is 0 Å². The van der Waals surface area contributed by atoms with Gasteiger partial charge in [-0.2, -0.15) is 0 Å². The molecule has 138 valence electrons. The Kier molecular flexibility index (Phi) is 7.95. The van der Waals surface area contributed by atoms with E-state index in [4.69, 9.17) is 4.74 Å². The molecule has 26 heavy (non-hydrogen) atoms. The van der Waals surface area contributed by atoms with Crippen LogP contribution in [0.5, 0.6) is 0 Å². The second-order valence-electron chi connectivity index (χ2n) is 7.03. The molecule has 2 aromatic rings. The van der Waals surface area contributed by atoms with Crippen LogP contribution in [0.1, 0.15) is 36.8 Å². The van der Waals surface area contributed by atoms with Gasteiger partial charge in [0.1, 0.15) is 0 Å². The fraction of sp³-hybridized carbons (Fsp3) is 0.417. The Bertz CT molecular complexity index is 644. The van der Waals surface area contributed by atoms with E-state index in [1.165, 1.54) is 36.1 Å². The van der Waals surface area contributed by atoms with E-state index in [1.807, 2.05) is 0 Å². The van der Waals surface area contributed by atoms with Gasteiger partial charge in [-0.15, -0.1) is 0 Å². The fourth-order valence-corrected chi connectivity index (χ4v) is 3.56. The minimum atomic E-state index is 0.890. The molecule has 2 heteroatoms. The molecular weight excluding hydrogens is 318 g/mol. The van der Waals surface area contributed by atoms with Gasteiger partial charge in [-0.3, -0.25) is 4.90 Å². The van der Waals surface area contributed by atoms with Crippen LogP contribution < -0.4 is 0 Å². The van der Waals surface area contributed by atoms with Crippen LogP contribution in [-0.4, -0.2) is 37.7 Å². The molecule has 0 bridgehead atoms. The third-order valence-corrected chi connectivity index (χ3v) is 5.07. The van der Waals surface area contributed by atoms with Crippen molar-refractivity contribution in [3.63, 3.8) is 0 Å². The quantitative estimate of drug-likeness (QED) is 0.577. The van der Waals surface area contributed by atoms with Crippen molar-refractivity contribution in [2.45, 2.75) is 32.1 Å². The van der Waals surface area contributed by atoms with Crippen molar-refractivity contribution in [1.82, 2.24) is 4.90 Å². The van der Waals surface area contributed by atoms with Crippen LogP contribution in [0.25, 0.3) is 5.57 Å². The van der Waals surface area contributed by atoms with Crippen molar-refractivity contribution in [2.75, 3.05) is 32.8 Å². The fourth-order valence-electron chi connectivity index (χ4n) is 3.56. The van der Waals surface area contributed by atoms with Crippen LogP contribution >= 0.6 is 0 Å². The largest absolute Gasteiger partial charge is 0.379 e. The number of nitrogens with zero attached hydrogens (tertiary/aromatic N) is 1. The summed E-state index contributed by atoms with van der Waals surface area (Å²) in [4.78, 5) is 2.53. The monoisotopic (exact) mass is 349 g/mol. The average molecular weight is 350 g/mol. The molecule has 0 atom stereocenters. The lowest BCUT2D eigenvalue weighted by molar-refractivity contribution is 0.0376. The third kappa shape index (κ3) is 6.44. The van der Waals surface area contributed by atoms with E-state index in [2.05, 4.69) is 71.6 Å². The SMILES string of the molecule is C(/CCCc1ccccc1)=C(\CCCN1CCOCC1)c1ccccc1. The molecule has 0 N–H and O–H groups in total. The number of aryl methyl sites for hydroxylation is 1. The van der Waals surface area contributed by atoms with E-state index in [0.717, 1.165) is 45.6 Å². The third-order valence-electron chi connectivity index (χ3n) is 5.07. The molecule has 0 saturated carbocycles. The second kappa shape index (κ2) is 10.9. The first-order chi connectivity index (χ1) is 12.9. The number of morpholine rings is 1. The molecule has 1 fully saturated rings. The smallest absolute Gasteiger partial charge is 0.0594 e. The topological polar surface area (TPSA) is 12.5 Å². The summed E-state index contributed by atoms with van der Waals surface area (Å²) in [6, 6.07) is 21.7. The lowest BCUT2D eigenvalue weighted by atomic mass is 9.98. The molecule has 1 aliphatic rings. The normalized spacial score (nSPS) is 15.9. The zero-order valence-electron chi connectivity index (χ0n) is 15.8. The number of allylic oxidation sites excluding steroid dienone is 2. The van der Waals surface area contributed by atoms with Gasteiger partial charge >= 0.3 is 0 Å². The molecule has 3 rings (SSSR count). The summed E-state index contributed by atoms with van der Waals surface area (Å²) in [6.45, 7) is 5.13. The van der Waals surface area contributed by atoms with Gasteiger partial charge in [0.15, 0.2) is 0 Å². The standard InChI is InChI=1S/C24H31NO/c1-3-10-22(11-4-1)12-7-8-15-24(23-13-5-2-6-14-23)16-9-17-25-18-20-26-21-19-25/h1-6,10-11,13-15H,7-9,12,16-21H2/b24-15-. The maximum atomic E-state index is 5.45. The van der Waals surface area contributed by atoms with Crippen molar-refractivity contribution in [1.29, 1.82) is 0 Å². The number of hydrogen-bond acceptors (Lipinski definition) is 2. The number of rotatable bonds is 9. The van der Waals surface area contributed by atoms with Crippen molar-refractivity contribution >= 4 is 5.57 Å². The average Bonchev–Trinajstić information content (AvgIpc) is 2.72. The highest BCUT2D eigenvalue weighted by Crippen LogP contribution is 2.21. The predicted octanol–water partition coefficient (Wildman–Crippen LogP) is 5.21. The summed E-state index contributed by atoms with van der Waals surface area (Å²) < 4.78 is 5.45. The molecule has 0 unspecified atom stereocenters. The zero-order chi connectivity index (χ0) is 17.9. The highest BCUT2D eigenvalue weighted by atomic mass is 16.5. The lowest BCUT2D eigenvalue weighted by Gasteiger charge is -2.26. The van der Waals surface area contributed by atoms with Crippen molar-refractivity contribution in [3.8, 4) is 0 Å². The highest BCUT2D eigenvalue weighted by molar-refractivity contribution is 5.65. The maximum absolute atomic E-state index is 5.45. The Labute approximate surface area is 158 Å². The summed E-state index contributed by atoms with van der Waals surface area (Å²) in [7, 11) is 0. The summed E-state index contributed by atoms with van der Waals surface area (Å²) in [6.07, 6.45) is 8.37. The number of unbranched alkanes of at least 4 members (excludes halogenated alkanes) is 1. The first-order valence-corrected chi connectivity index (χ1v) is 10.0. The van der Waals surface area contributed by atoms with E-state index in [-0.39, 0.29) is 0 Å². The number of benzene rings is 2. The molecule has 1 aliphatic heterocycles. The van der Waals surface area contributed by atoms with E-state index in [1.54, 1.807) is 0 Å². The van der Waals surface area contributed by atoms with Gasteiger partial charge in [0, 0.05) is 13.1 Å². The number of hydrogen-bond donors (Lipinski definition) is 0. The Balaban J connectivity index is 1.51. The molecule has 0 amide bonds. The molecule has 0 aromatic heterocycles. The van der Waals surface area contributed by atoms with Crippen molar-refractivity contribution < 1.29 is 4.74 Å². The highest BCUT2D eigenvalue weighted by Gasteiger charge is 2.10. The van der Waals surface area contributed by atoms with Gasteiger partial charge in [0.25, 0.3) is 0 Å². The predicted molar refractivity (Wildman–Crippen MR) is 110 cm³/mol. The van der Waals surface area contributed by atoms with Crippen LogP contribution in [0.15, 0.2) is 66.7 Å². The summed E-state index contributed by atoms with van der Waals surface area (Å²) in [5.74, 6) is 0. The van der Waals surface area contributed by atoms with Crippen molar-refractivity contribution in [3.05, 3.63) is 77.9 Å². The maximum Gasteiger partial charge on any atom is 0.0594 e. The van der Waals surface area contributed by atoms with Crippen LogP contribution in [0.2, 0.25) is 0 Å². The van der Waals surface area contributed by atoms with Gasteiger partial charge < -0.3 is 4.74 Å². The molecule has 0 spiro atoms. The van der Waals surface area contributed by atoms with E-state index in [9.17, 15) is 0 Å². The van der Waals surface area contributed by atoms with Crippen LogP contribution in [-0.2, 0) is 11.2 Å². The van der Waals surface area contributed by atoms with Crippen LogP contribution in [0.3, 0.4) is 0 Å². The van der Waals surface area contributed by atoms with Gasteiger partial charge in [-0.05, 0) is 55.3 Å². The molecule has 0 aliphatic carbocycles. The molecule has 2 nitrogen and oxygen atoms in total. The van der Waals surface area contributed by atoms with Gasteiger partial charge in [0.2, 0.25) is 0 Å². The zero-order valence-corrected chi connectivity index (χ0v) is 15.8. The Hall–Kier alpha value is -1.90. The lowest BCUT2D eigenvalue weighted by Crippen LogP contribution is -2.36. The van der Waals surface area contributed by atoms with Crippen molar-refractivity contribution in [2.24, 2.45) is 0 Å². The van der Waals surface area contributed by atoms with Gasteiger partial charge in [0.05, 0.1) is 13.2 Å². The Morgan fingerprint density at radius 3 is 2.31 bits per heavy atom. The molecule has 2 aromatic carbocycles. The molecular formula is C24H31NO. The van der Waals surface area contributed by atoms with E-state index >= 15 is 0 Å². The molecule has 1 saturated heterocycles. The Morgan fingerprint density at radius 2 is 1.58 bits per heavy atom.